The molecule has 0 amide bonds. The van der Waals surface area contributed by atoms with Gasteiger partial charge in [0.2, 0.25) is 0 Å². The number of rotatable bonds is 2. The second kappa shape index (κ2) is 6.45. The quantitative estimate of drug-likeness (QED) is 0.602. The molecule has 1 saturated carbocycles. The van der Waals surface area contributed by atoms with E-state index in [1.54, 1.807) is 5.92 Å². The van der Waals surface area contributed by atoms with Gasteiger partial charge in [0.1, 0.15) is 0 Å². The van der Waals surface area contributed by atoms with E-state index >= 15 is 0 Å². The fourth-order valence-electron chi connectivity index (χ4n) is 1.90. The molecule has 0 bridgehead atoms. The molecule has 1 radical (unpaired) electrons. The van der Waals surface area contributed by atoms with Crippen LogP contribution in [0.4, 0.5) is 0 Å². The van der Waals surface area contributed by atoms with Gasteiger partial charge in [0.25, 0.3) is 0 Å². The van der Waals surface area contributed by atoms with Gasteiger partial charge in [-0.1, -0.05) is 12.8 Å². The molecule has 1 heterocycles. The maximum Gasteiger partial charge on any atom is 1.00 e. The van der Waals surface area contributed by atoms with Crippen LogP contribution < -0.4 is 58.2 Å². The van der Waals surface area contributed by atoms with E-state index in [4.69, 9.17) is 0 Å². The van der Waals surface area contributed by atoms with E-state index in [-0.39, 0.29) is 90.9 Å². The normalized spacial score (nSPS) is 24.8. The largest absolute Gasteiger partial charge is 1.00 e. The van der Waals surface area contributed by atoms with Gasteiger partial charge in [0.05, 0.1) is 0 Å². The molecule has 1 saturated heterocycles. The maximum atomic E-state index is 4.43. The Bertz CT molecular complexity index is 136. The van der Waals surface area contributed by atoms with Crippen molar-refractivity contribution in [2.75, 3.05) is 13.1 Å². The van der Waals surface area contributed by atoms with Crippen LogP contribution in [0.1, 0.15) is 25.7 Å². The molecule has 0 unspecified atom stereocenters. The molecule has 2 aliphatic rings. The predicted octanol–water partition coefficient (Wildman–Crippen LogP) is -0.656. The second-order valence-corrected chi connectivity index (χ2v) is 3.53. The van der Waals surface area contributed by atoms with Crippen LogP contribution >= 0.6 is 0 Å². The van der Waals surface area contributed by atoms with Crippen molar-refractivity contribution in [2.24, 2.45) is 5.41 Å². The molecule has 1 aliphatic heterocycles. The van der Waals surface area contributed by atoms with Crippen LogP contribution in [0.3, 0.4) is 0 Å². The Morgan fingerprint density at radius 1 is 1.42 bits per heavy atom. The summed E-state index contributed by atoms with van der Waals surface area (Å²) < 4.78 is 0. The summed E-state index contributed by atoms with van der Waals surface area (Å²) in [4.78, 5) is 0. The Labute approximate surface area is 150 Å². The minimum atomic E-state index is 0. The molecular formula is C9H14NRbY-2. The van der Waals surface area contributed by atoms with Crippen LogP contribution in [0.15, 0.2) is 0 Å². The third-order valence-electron chi connectivity index (χ3n) is 2.80. The van der Waals surface area contributed by atoms with Gasteiger partial charge in [-0.15, -0.1) is 0 Å². The van der Waals surface area contributed by atoms with E-state index < -0.39 is 0 Å². The molecule has 0 N–H and O–H groups in total. The maximum absolute atomic E-state index is 4.43. The van der Waals surface area contributed by atoms with E-state index in [0.29, 0.717) is 5.41 Å². The third-order valence-corrected chi connectivity index (χ3v) is 2.80. The molecular weight excluding hydrogens is 296 g/mol. The van der Waals surface area contributed by atoms with Crippen molar-refractivity contribution < 1.29 is 90.9 Å². The van der Waals surface area contributed by atoms with Gasteiger partial charge < -0.3 is 18.2 Å². The van der Waals surface area contributed by atoms with E-state index in [1.807, 2.05) is 0 Å². The number of hydrogen-bond donors (Lipinski definition) is 0. The predicted molar refractivity (Wildman–Crippen MR) is 42.6 cm³/mol. The summed E-state index contributed by atoms with van der Waals surface area (Å²) >= 11 is 0. The smallest absolute Gasteiger partial charge is 0.690 e. The third kappa shape index (κ3) is 3.18. The fourth-order valence-corrected chi connectivity index (χ4v) is 1.90. The molecule has 0 aromatic rings. The van der Waals surface area contributed by atoms with Crippen LogP contribution in [-0.2, 0) is 32.7 Å². The minimum Gasteiger partial charge on any atom is -0.690 e. The number of hydrogen-bond acceptors (Lipinski definition) is 0. The molecule has 61 valence electrons. The zero-order valence-electron chi connectivity index (χ0n) is 7.97. The Hall–Kier alpha value is 2.87. The van der Waals surface area contributed by atoms with Crippen molar-refractivity contribution >= 4 is 0 Å². The van der Waals surface area contributed by atoms with Crippen LogP contribution in [-0.4, -0.2) is 13.1 Å². The Balaban J connectivity index is 0.000000605. The van der Waals surface area contributed by atoms with Gasteiger partial charge in [-0.3, -0.25) is 6.54 Å². The summed E-state index contributed by atoms with van der Waals surface area (Å²) in [7, 11) is 0. The van der Waals surface area contributed by atoms with Crippen molar-refractivity contribution in [3.05, 3.63) is 18.2 Å². The van der Waals surface area contributed by atoms with Gasteiger partial charge >= 0.3 is 58.2 Å². The van der Waals surface area contributed by atoms with Crippen molar-refractivity contribution in [1.82, 2.24) is 0 Å². The van der Waals surface area contributed by atoms with Crippen LogP contribution in [0.2, 0.25) is 0 Å². The van der Waals surface area contributed by atoms with Crippen molar-refractivity contribution in [2.45, 2.75) is 25.7 Å². The first-order valence-electron chi connectivity index (χ1n) is 4.15. The average Bonchev–Trinajstić information content (AvgIpc) is 2.57. The minimum absolute atomic E-state index is 0. The van der Waals surface area contributed by atoms with Gasteiger partial charge in [-0.25, -0.2) is 12.8 Å². The van der Waals surface area contributed by atoms with Gasteiger partial charge in [0, 0.05) is 32.7 Å². The summed E-state index contributed by atoms with van der Waals surface area (Å²) in [5.74, 6) is 1.70. The molecule has 1 spiro atoms. The first kappa shape index (κ1) is 14.9. The van der Waals surface area contributed by atoms with Crippen LogP contribution in [0.25, 0.3) is 5.32 Å². The van der Waals surface area contributed by atoms with E-state index in [2.05, 4.69) is 12.2 Å². The summed E-state index contributed by atoms with van der Waals surface area (Å²) in [6.07, 6.45) is 5.10. The standard InChI is InChI=1S/C9H14N.Rb.Y/c1-2-3-8-6-10-7-9(8)4-5-9;;/h1-7H2;;/q-3;+1;. The van der Waals surface area contributed by atoms with Crippen molar-refractivity contribution in [3.63, 3.8) is 0 Å². The van der Waals surface area contributed by atoms with E-state index in [1.165, 1.54) is 19.3 Å². The van der Waals surface area contributed by atoms with E-state index in [0.717, 1.165) is 19.5 Å². The molecule has 3 heteroatoms. The van der Waals surface area contributed by atoms with Gasteiger partial charge in [-0.2, -0.15) is 12.0 Å². The zero-order chi connectivity index (χ0) is 7.03. The number of nitrogens with zero attached hydrogens (tertiary/aromatic N) is 1. The summed E-state index contributed by atoms with van der Waals surface area (Å²) in [6, 6.07) is 0. The SMILES string of the molecule is [CH2-]CC[C-]1C[N-]CC12CC2.[Rb+].[Y]. The molecule has 0 aromatic heterocycles. The summed E-state index contributed by atoms with van der Waals surface area (Å²) in [5, 5.41) is 4.43. The van der Waals surface area contributed by atoms with Crippen LogP contribution in [0, 0.1) is 18.3 Å². The summed E-state index contributed by atoms with van der Waals surface area (Å²) in [5.41, 5.74) is 0.623. The first-order chi connectivity index (χ1) is 4.87. The second-order valence-electron chi connectivity index (χ2n) is 3.53. The fraction of sp³-hybridized carbons (Fsp3) is 0.778. The average molecular weight is 311 g/mol. The Morgan fingerprint density at radius 3 is 2.58 bits per heavy atom. The first-order valence-corrected chi connectivity index (χ1v) is 4.15. The molecule has 2 fully saturated rings. The zero-order valence-corrected chi connectivity index (χ0v) is 15.7. The van der Waals surface area contributed by atoms with Gasteiger partial charge in [0.15, 0.2) is 0 Å². The molecule has 12 heavy (non-hydrogen) atoms. The van der Waals surface area contributed by atoms with Crippen LogP contribution in [0.5, 0.6) is 0 Å². The van der Waals surface area contributed by atoms with Crippen molar-refractivity contribution in [3.8, 4) is 0 Å². The van der Waals surface area contributed by atoms with Gasteiger partial charge in [-0.05, 0) is 0 Å². The van der Waals surface area contributed by atoms with E-state index in [9.17, 15) is 0 Å². The molecule has 0 atom stereocenters. The molecule has 0 aromatic carbocycles. The molecule has 1 aliphatic carbocycles. The monoisotopic (exact) mass is 310 g/mol. The summed E-state index contributed by atoms with van der Waals surface area (Å²) in [6.45, 7) is 6.06. The Morgan fingerprint density at radius 2 is 2.08 bits per heavy atom. The Kier molecular flexibility index (Phi) is 7.99. The molecule has 2 rings (SSSR count). The topological polar surface area (TPSA) is 14.1 Å². The van der Waals surface area contributed by atoms with Crippen molar-refractivity contribution in [1.29, 1.82) is 0 Å². The molecule has 1 nitrogen and oxygen atoms in total.